The number of aryl methyl sites for hydroxylation is 1. The Hall–Kier alpha value is -2.49. The number of nitrogens with one attached hydrogen (secondary N) is 1. The van der Waals surface area contributed by atoms with Gasteiger partial charge in [0.1, 0.15) is 11.3 Å². The SMILES string of the molecule is COc1c(C)ccc2c1nc(Nc1ccc(C(C)C)cc1)n2C1CC(C)(C)CC(C)(C)C1. The molecule has 1 fully saturated rings. The van der Waals surface area contributed by atoms with Crippen LogP contribution >= 0.6 is 0 Å². The van der Waals surface area contributed by atoms with Crippen molar-refractivity contribution in [3.8, 4) is 5.75 Å². The van der Waals surface area contributed by atoms with E-state index in [2.05, 4.69) is 94.7 Å². The van der Waals surface area contributed by atoms with E-state index in [1.54, 1.807) is 7.11 Å². The molecule has 1 aliphatic carbocycles. The van der Waals surface area contributed by atoms with Crippen LogP contribution in [0.4, 0.5) is 11.6 Å². The summed E-state index contributed by atoms with van der Waals surface area (Å²) in [5, 5.41) is 3.65. The Kier molecular flexibility index (Phi) is 5.77. The molecule has 4 nitrogen and oxygen atoms in total. The molecule has 172 valence electrons. The van der Waals surface area contributed by atoms with Crippen molar-refractivity contribution in [2.75, 3.05) is 12.4 Å². The molecule has 1 heterocycles. The van der Waals surface area contributed by atoms with Crippen LogP contribution in [-0.2, 0) is 0 Å². The lowest BCUT2D eigenvalue weighted by Gasteiger charge is -2.45. The number of ether oxygens (including phenoxy) is 1. The van der Waals surface area contributed by atoms with E-state index >= 15 is 0 Å². The van der Waals surface area contributed by atoms with Gasteiger partial charge in [0.15, 0.2) is 0 Å². The van der Waals surface area contributed by atoms with Crippen LogP contribution in [0, 0.1) is 17.8 Å². The van der Waals surface area contributed by atoms with Crippen molar-refractivity contribution >= 4 is 22.7 Å². The highest BCUT2D eigenvalue weighted by atomic mass is 16.5. The number of hydrogen-bond acceptors (Lipinski definition) is 3. The Bertz CT molecular complexity index is 1090. The largest absolute Gasteiger partial charge is 0.494 e. The summed E-state index contributed by atoms with van der Waals surface area (Å²) in [6.07, 6.45) is 3.52. The monoisotopic (exact) mass is 433 g/mol. The quantitative estimate of drug-likeness (QED) is 0.443. The zero-order chi connectivity index (χ0) is 23.3. The van der Waals surface area contributed by atoms with Gasteiger partial charge in [-0.1, -0.05) is 59.7 Å². The fourth-order valence-electron chi connectivity index (χ4n) is 6.00. The molecule has 4 rings (SSSR count). The van der Waals surface area contributed by atoms with Gasteiger partial charge in [0.25, 0.3) is 0 Å². The Balaban J connectivity index is 1.84. The van der Waals surface area contributed by atoms with Crippen molar-refractivity contribution in [3.63, 3.8) is 0 Å². The Labute approximate surface area is 193 Å². The molecule has 32 heavy (non-hydrogen) atoms. The third kappa shape index (κ3) is 4.37. The lowest BCUT2D eigenvalue weighted by molar-refractivity contribution is 0.0746. The van der Waals surface area contributed by atoms with E-state index in [-0.39, 0.29) is 10.8 Å². The van der Waals surface area contributed by atoms with Crippen molar-refractivity contribution in [1.82, 2.24) is 9.55 Å². The molecule has 0 unspecified atom stereocenters. The fourth-order valence-corrected chi connectivity index (χ4v) is 6.00. The van der Waals surface area contributed by atoms with Crippen LogP contribution in [0.5, 0.6) is 5.75 Å². The average Bonchev–Trinajstić information content (AvgIpc) is 3.04. The van der Waals surface area contributed by atoms with Crippen molar-refractivity contribution in [1.29, 1.82) is 0 Å². The lowest BCUT2D eigenvalue weighted by atomic mass is 9.63. The van der Waals surface area contributed by atoms with Crippen LogP contribution in [0.25, 0.3) is 11.0 Å². The van der Waals surface area contributed by atoms with Crippen LogP contribution in [0.15, 0.2) is 36.4 Å². The number of fused-ring (bicyclic) bond motifs is 1. The first-order valence-electron chi connectivity index (χ1n) is 11.9. The van der Waals surface area contributed by atoms with Gasteiger partial charge in [-0.25, -0.2) is 4.98 Å². The molecular formula is C28H39N3O. The zero-order valence-electron chi connectivity index (χ0n) is 21.0. The molecule has 1 saturated carbocycles. The molecule has 0 spiro atoms. The second-order valence-corrected chi connectivity index (χ2v) is 11.6. The first-order chi connectivity index (χ1) is 15.0. The van der Waals surface area contributed by atoms with Crippen LogP contribution in [0.2, 0.25) is 0 Å². The van der Waals surface area contributed by atoms with Crippen molar-refractivity contribution in [3.05, 3.63) is 47.5 Å². The van der Waals surface area contributed by atoms with E-state index in [4.69, 9.17) is 9.72 Å². The van der Waals surface area contributed by atoms with Gasteiger partial charge in [0, 0.05) is 11.7 Å². The molecule has 0 bridgehead atoms. The van der Waals surface area contributed by atoms with Gasteiger partial charge in [0.2, 0.25) is 5.95 Å². The Morgan fingerprint density at radius 2 is 1.62 bits per heavy atom. The van der Waals surface area contributed by atoms with E-state index in [0.717, 1.165) is 46.8 Å². The summed E-state index contributed by atoms with van der Waals surface area (Å²) in [7, 11) is 1.74. The van der Waals surface area contributed by atoms with Gasteiger partial charge in [-0.2, -0.15) is 0 Å². The lowest BCUT2D eigenvalue weighted by Crippen LogP contribution is -2.35. The Morgan fingerprint density at radius 3 is 2.19 bits per heavy atom. The first-order valence-corrected chi connectivity index (χ1v) is 11.9. The summed E-state index contributed by atoms with van der Waals surface area (Å²) >= 11 is 0. The Morgan fingerprint density at radius 1 is 1.00 bits per heavy atom. The van der Waals surface area contributed by atoms with Gasteiger partial charge in [-0.3, -0.25) is 0 Å². The molecule has 0 atom stereocenters. The van der Waals surface area contributed by atoms with Crippen LogP contribution in [0.1, 0.15) is 83.9 Å². The van der Waals surface area contributed by atoms with Crippen molar-refractivity contribution in [2.45, 2.75) is 79.7 Å². The van der Waals surface area contributed by atoms with E-state index in [1.165, 1.54) is 12.0 Å². The van der Waals surface area contributed by atoms with E-state index in [9.17, 15) is 0 Å². The summed E-state index contributed by atoms with van der Waals surface area (Å²) in [5.41, 5.74) is 6.18. The summed E-state index contributed by atoms with van der Waals surface area (Å²) in [6.45, 7) is 16.2. The van der Waals surface area contributed by atoms with Gasteiger partial charge >= 0.3 is 0 Å². The summed E-state index contributed by atoms with van der Waals surface area (Å²) in [6, 6.07) is 13.5. The van der Waals surface area contributed by atoms with E-state index in [0.29, 0.717) is 12.0 Å². The second-order valence-electron chi connectivity index (χ2n) is 11.6. The van der Waals surface area contributed by atoms with Crippen molar-refractivity contribution in [2.24, 2.45) is 10.8 Å². The van der Waals surface area contributed by atoms with E-state index < -0.39 is 0 Å². The maximum absolute atomic E-state index is 5.78. The maximum atomic E-state index is 5.78. The number of anilines is 2. The summed E-state index contributed by atoms with van der Waals surface area (Å²) in [5.74, 6) is 2.29. The predicted molar refractivity (Wildman–Crippen MR) is 135 cm³/mol. The zero-order valence-corrected chi connectivity index (χ0v) is 21.0. The fraction of sp³-hybridized carbons (Fsp3) is 0.536. The second kappa shape index (κ2) is 8.13. The van der Waals surface area contributed by atoms with Gasteiger partial charge in [0.05, 0.1) is 12.6 Å². The highest BCUT2D eigenvalue weighted by molar-refractivity contribution is 5.87. The normalized spacial score (nSPS) is 18.3. The summed E-state index contributed by atoms with van der Waals surface area (Å²) in [4.78, 5) is 5.09. The number of rotatable bonds is 5. The average molecular weight is 434 g/mol. The van der Waals surface area contributed by atoms with Crippen LogP contribution in [0.3, 0.4) is 0 Å². The van der Waals surface area contributed by atoms with Gasteiger partial charge in [-0.15, -0.1) is 0 Å². The number of nitrogens with zero attached hydrogens (tertiary/aromatic N) is 2. The number of methoxy groups -OCH3 is 1. The maximum Gasteiger partial charge on any atom is 0.208 e. The van der Waals surface area contributed by atoms with Crippen molar-refractivity contribution < 1.29 is 4.74 Å². The number of hydrogen-bond donors (Lipinski definition) is 1. The highest BCUT2D eigenvalue weighted by Gasteiger charge is 2.40. The molecule has 4 heteroatoms. The number of aromatic nitrogens is 2. The standard InChI is InChI=1S/C28H39N3O/c1-18(2)20-10-12-21(13-11-20)29-26-30-24-23(14-9-19(3)25(24)32-8)31(26)22-15-27(4,5)17-28(6,7)16-22/h9-14,18,22H,15-17H2,1-8H3,(H,29,30). The number of imidazole rings is 1. The molecule has 0 saturated heterocycles. The minimum atomic E-state index is 0.286. The molecule has 2 aromatic carbocycles. The smallest absolute Gasteiger partial charge is 0.208 e. The molecule has 1 aromatic heterocycles. The summed E-state index contributed by atoms with van der Waals surface area (Å²) < 4.78 is 8.23. The first kappa shape index (κ1) is 22.7. The third-order valence-corrected chi connectivity index (χ3v) is 6.95. The molecule has 3 aromatic rings. The van der Waals surface area contributed by atoms with Crippen LogP contribution < -0.4 is 10.1 Å². The van der Waals surface area contributed by atoms with Gasteiger partial charge < -0.3 is 14.6 Å². The van der Waals surface area contributed by atoms with Crippen LogP contribution in [-0.4, -0.2) is 16.7 Å². The molecule has 0 radical (unpaired) electrons. The molecule has 0 aliphatic heterocycles. The minimum absolute atomic E-state index is 0.286. The molecule has 0 amide bonds. The predicted octanol–water partition coefficient (Wildman–Crippen LogP) is 8.00. The highest BCUT2D eigenvalue weighted by Crippen LogP contribution is 2.51. The van der Waals surface area contributed by atoms with Gasteiger partial charge in [-0.05, 0) is 72.3 Å². The van der Waals surface area contributed by atoms with E-state index in [1.807, 2.05) is 0 Å². The minimum Gasteiger partial charge on any atom is -0.494 e. The number of benzene rings is 2. The third-order valence-electron chi connectivity index (χ3n) is 6.95. The molecular weight excluding hydrogens is 394 g/mol. The topological polar surface area (TPSA) is 39.1 Å². The molecule has 1 N–H and O–H groups in total. The molecule has 1 aliphatic rings.